The molecule has 1 aliphatic heterocycles. The zero-order valence-corrected chi connectivity index (χ0v) is 11.6. The minimum atomic E-state index is -1.09. The van der Waals surface area contributed by atoms with Crippen LogP contribution in [0.2, 0.25) is 5.02 Å². The fraction of sp³-hybridized carbons (Fsp3) is 0.0667. The molecule has 2 N–H and O–H groups in total. The lowest BCUT2D eigenvalue weighted by atomic mass is 10.1. The second-order valence-corrected chi connectivity index (χ2v) is 5.05. The van der Waals surface area contributed by atoms with E-state index in [0.717, 1.165) is 5.69 Å². The number of hydrogen-bond acceptors (Lipinski definition) is 3. The van der Waals surface area contributed by atoms with Crippen LogP contribution < -0.4 is 10.2 Å². The average Bonchev–Trinajstić information content (AvgIpc) is 2.46. The standard InChI is InChI=1S/C15H11ClN2O3/c16-9-5-6-12(10(7-9)15(20)21)18-8-14(19)17-11-3-1-2-4-13(11)18/h1-7H,8H2,(H,17,19)(H,20,21). The number of aromatic carboxylic acids is 1. The van der Waals surface area contributed by atoms with Crippen LogP contribution >= 0.6 is 11.6 Å². The summed E-state index contributed by atoms with van der Waals surface area (Å²) in [6, 6.07) is 11.8. The van der Waals surface area contributed by atoms with E-state index < -0.39 is 5.97 Å². The van der Waals surface area contributed by atoms with Crippen molar-refractivity contribution in [3.05, 3.63) is 53.1 Å². The third kappa shape index (κ3) is 2.43. The fourth-order valence-corrected chi connectivity index (χ4v) is 2.54. The Balaban J connectivity index is 2.17. The SMILES string of the molecule is O=C1CN(c2ccc(Cl)cc2C(=O)O)c2ccccc2N1. The van der Waals surface area contributed by atoms with Crippen molar-refractivity contribution in [1.82, 2.24) is 0 Å². The van der Waals surface area contributed by atoms with E-state index in [0.29, 0.717) is 16.4 Å². The number of carboxylic acid groups (broad SMARTS) is 1. The highest BCUT2D eigenvalue weighted by molar-refractivity contribution is 6.31. The molecule has 1 amide bonds. The third-order valence-electron chi connectivity index (χ3n) is 3.25. The van der Waals surface area contributed by atoms with Gasteiger partial charge < -0.3 is 15.3 Å². The first kappa shape index (κ1) is 13.5. The van der Waals surface area contributed by atoms with E-state index in [2.05, 4.69) is 5.32 Å². The zero-order chi connectivity index (χ0) is 15.0. The molecule has 0 saturated carbocycles. The van der Waals surface area contributed by atoms with Gasteiger partial charge in [0.25, 0.3) is 0 Å². The maximum Gasteiger partial charge on any atom is 0.337 e. The predicted molar refractivity (Wildman–Crippen MR) is 80.5 cm³/mol. The number of fused-ring (bicyclic) bond motifs is 1. The van der Waals surface area contributed by atoms with Crippen LogP contribution in [0.25, 0.3) is 0 Å². The third-order valence-corrected chi connectivity index (χ3v) is 3.49. The van der Waals surface area contributed by atoms with Crippen molar-refractivity contribution in [2.45, 2.75) is 0 Å². The highest BCUT2D eigenvalue weighted by atomic mass is 35.5. The summed E-state index contributed by atoms with van der Waals surface area (Å²) >= 11 is 5.87. The number of nitrogens with one attached hydrogen (secondary N) is 1. The van der Waals surface area contributed by atoms with Gasteiger partial charge in [-0.2, -0.15) is 0 Å². The largest absolute Gasteiger partial charge is 0.478 e. The lowest BCUT2D eigenvalue weighted by molar-refractivity contribution is -0.115. The Morgan fingerprint density at radius 2 is 1.95 bits per heavy atom. The summed E-state index contributed by atoms with van der Waals surface area (Å²) in [6.45, 7) is 0.0545. The number of benzene rings is 2. The van der Waals surface area contributed by atoms with E-state index in [1.54, 1.807) is 23.1 Å². The molecule has 0 saturated heterocycles. The van der Waals surface area contributed by atoms with E-state index in [9.17, 15) is 14.7 Å². The van der Waals surface area contributed by atoms with Crippen LogP contribution in [0.15, 0.2) is 42.5 Å². The number of carbonyl (C=O) groups is 2. The van der Waals surface area contributed by atoms with Crippen molar-refractivity contribution in [3.63, 3.8) is 0 Å². The summed E-state index contributed by atoms with van der Waals surface area (Å²) in [5.41, 5.74) is 1.91. The van der Waals surface area contributed by atoms with E-state index in [1.165, 1.54) is 6.07 Å². The van der Waals surface area contributed by atoms with Gasteiger partial charge in [0, 0.05) is 5.02 Å². The number of rotatable bonds is 2. The summed E-state index contributed by atoms with van der Waals surface area (Å²) in [6.07, 6.45) is 0. The lowest BCUT2D eigenvalue weighted by Gasteiger charge is -2.31. The van der Waals surface area contributed by atoms with Gasteiger partial charge in [-0.25, -0.2) is 4.79 Å². The van der Waals surface area contributed by atoms with Crippen molar-refractivity contribution < 1.29 is 14.7 Å². The Kier molecular flexibility index (Phi) is 3.27. The molecule has 21 heavy (non-hydrogen) atoms. The molecule has 2 aromatic carbocycles. The summed E-state index contributed by atoms with van der Waals surface area (Å²) in [7, 11) is 0. The number of amides is 1. The minimum Gasteiger partial charge on any atom is -0.478 e. The lowest BCUT2D eigenvalue weighted by Crippen LogP contribution is -2.35. The molecule has 1 heterocycles. The maximum atomic E-state index is 11.8. The normalized spacial score (nSPS) is 13.6. The highest BCUT2D eigenvalue weighted by Crippen LogP contribution is 2.37. The van der Waals surface area contributed by atoms with Crippen LogP contribution in [0.5, 0.6) is 0 Å². The van der Waals surface area contributed by atoms with E-state index in [4.69, 9.17) is 11.6 Å². The quantitative estimate of drug-likeness (QED) is 0.894. The molecule has 0 fully saturated rings. The molecule has 0 aromatic heterocycles. The monoisotopic (exact) mass is 302 g/mol. The Bertz CT molecular complexity index is 745. The molecule has 0 unspecified atom stereocenters. The summed E-state index contributed by atoms with van der Waals surface area (Å²) < 4.78 is 0. The van der Waals surface area contributed by atoms with Gasteiger partial charge in [0.15, 0.2) is 0 Å². The molecule has 0 aliphatic carbocycles. The maximum absolute atomic E-state index is 11.8. The first-order valence-electron chi connectivity index (χ1n) is 6.25. The van der Waals surface area contributed by atoms with E-state index in [1.807, 2.05) is 18.2 Å². The second-order valence-electron chi connectivity index (χ2n) is 4.62. The van der Waals surface area contributed by atoms with Crippen LogP contribution in [-0.2, 0) is 4.79 Å². The summed E-state index contributed by atoms with van der Waals surface area (Å²) in [4.78, 5) is 24.9. The van der Waals surface area contributed by atoms with Crippen molar-refractivity contribution in [2.24, 2.45) is 0 Å². The van der Waals surface area contributed by atoms with Crippen molar-refractivity contribution in [2.75, 3.05) is 16.8 Å². The van der Waals surface area contributed by atoms with Gasteiger partial charge in [0.2, 0.25) is 5.91 Å². The average molecular weight is 303 g/mol. The molecule has 1 aliphatic rings. The number of halogens is 1. The second kappa shape index (κ2) is 5.10. The van der Waals surface area contributed by atoms with Crippen LogP contribution in [0.4, 0.5) is 17.1 Å². The van der Waals surface area contributed by atoms with Crippen LogP contribution in [0, 0.1) is 0 Å². The molecule has 0 bridgehead atoms. The molecular weight excluding hydrogens is 292 g/mol. The van der Waals surface area contributed by atoms with Crippen LogP contribution in [-0.4, -0.2) is 23.5 Å². The predicted octanol–water partition coefficient (Wildman–Crippen LogP) is 3.13. The molecular formula is C15H11ClN2O3. The van der Waals surface area contributed by atoms with Gasteiger partial charge in [0.1, 0.15) is 6.54 Å². The molecule has 106 valence electrons. The first-order valence-corrected chi connectivity index (χ1v) is 6.63. The number of hydrogen-bond donors (Lipinski definition) is 2. The molecule has 6 heteroatoms. The number of carboxylic acids is 1. The van der Waals surface area contributed by atoms with Crippen molar-refractivity contribution in [1.29, 1.82) is 0 Å². The molecule has 2 aromatic rings. The van der Waals surface area contributed by atoms with Gasteiger partial charge in [-0.15, -0.1) is 0 Å². The van der Waals surface area contributed by atoms with Gasteiger partial charge in [-0.05, 0) is 30.3 Å². The van der Waals surface area contributed by atoms with Crippen LogP contribution in [0.1, 0.15) is 10.4 Å². The smallest absolute Gasteiger partial charge is 0.337 e. The van der Waals surface area contributed by atoms with Gasteiger partial charge in [-0.3, -0.25) is 4.79 Å². The fourth-order valence-electron chi connectivity index (χ4n) is 2.36. The molecule has 0 spiro atoms. The number of nitrogens with zero attached hydrogens (tertiary/aromatic N) is 1. The summed E-state index contributed by atoms with van der Waals surface area (Å²) in [5.74, 6) is -1.28. The Morgan fingerprint density at radius 1 is 1.19 bits per heavy atom. The van der Waals surface area contributed by atoms with Crippen LogP contribution in [0.3, 0.4) is 0 Å². The Hall–Kier alpha value is -2.53. The molecule has 0 radical (unpaired) electrons. The molecule has 0 atom stereocenters. The van der Waals surface area contributed by atoms with Gasteiger partial charge in [0.05, 0.1) is 22.6 Å². The highest BCUT2D eigenvalue weighted by Gasteiger charge is 2.26. The topological polar surface area (TPSA) is 69.6 Å². The zero-order valence-electron chi connectivity index (χ0n) is 10.8. The van der Waals surface area contributed by atoms with Crippen molar-refractivity contribution >= 4 is 40.5 Å². The Morgan fingerprint density at radius 3 is 2.71 bits per heavy atom. The first-order chi connectivity index (χ1) is 10.1. The number of anilines is 3. The Labute approximate surface area is 125 Å². The number of carbonyl (C=O) groups excluding carboxylic acids is 1. The van der Waals surface area contributed by atoms with E-state index >= 15 is 0 Å². The van der Waals surface area contributed by atoms with Crippen molar-refractivity contribution in [3.8, 4) is 0 Å². The minimum absolute atomic E-state index is 0.0545. The number of para-hydroxylation sites is 2. The molecule has 3 rings (SSSR count). The van der Waals surface area contributed by atoms with Gasteiger partial charge >= 0.3 is 5.97 Å². The van der Waals surface area contributed by atoms with Gasteiger partial charge in [-0.1, -0.05) is 23.7 Å². The molecule has 5 nitrogen and oxygen atoms in total. The van der Waals surface area contributed by atoms with E-state index in [-0.39, 0.29) is 18.0 Å². The summed E-state index contributed by atoms with van der Waals surface area (Å²) in [5, 5.41) is 12.5.